The Morgan fingerprint density at radius 1 is 1.43 bits per heavy atom. The number of hydrogen-bond donors (Lipinski definition) is 1. The highest BCUT2D eigenvalue weighted by Crippen LogP contribution is 2.39. The second-order valence-corrected chi connectivity index (χ2v) is 6.52. The van der Waals surface area contributed by atoms with Crippen LogP contribution in [0.5, 0.6) is 0 Å². The van der Waals surface area contributed by atoms with Crippen molar-refractivity contribution in [3.05, 3.63) is 35.0 Å². The Morgan fingerprint density at radius 3 is 2.71 bits per heavy atom. The molecular weight excluding hydrogens is 269 g/mol. The zero-order valence-corrected chi connectivity index (χ0v) is 12.8. The van der Waals surface area contributed by atoms with Crippen LogP contribution in [0.3, 0.4) is 0 Å². The van der Waals surface area contributed by atoms with Gasteiger partial charge in [0.25, 0.3) is 5.91 Å². The van der Waals surface area contributed by atoms with E-state index in [9.17, 15) is 9.18 Å². The summed E-state index contributed by atoms with van der Waals surface area (Å²) in [5, 5.41) is 3.02. The van der Waals surface area contributed by atoms with Crippen LogP contribution in [-0.4, -0.2) is 20.8 Å². The van der Waals surface area contributed by atoms with E-state index < -0.39 is 5.82 Å². The summed E-state index contributed by atoms with van der Waals surface area (Å²) in [5.74, 6) is -0.148. The fourth-order valence-electron chi connectivity index (χ4n) is 2.79. The Morgan fingerprint density at radius 2 is 2.10 bits per heavy atom. The Kier molecular flexibility index (Phi) is 3.04. The standard InChI is InChI=1S/C16H20FN3O/c1-9-8-20-10(2)13(17)7-12(14(20)18-9)15(21)19-16(3,4)11-5-6-11/h7-8,11H,5-6H2,1-4H3,(H,19,21). The highest BCUT2D eigenvalue weighted by Gasteiger charge is 2.39. The van der Waals surface area contributed by atoms with Crippen LogP contribution in [-0.2, 0) is 0 Å². The van der Waals surface area contributed by atoms with E-state index in [1.807, 2.05) is 20.8 Å². The van der Waals surface area contributed by atoms with Gasteiger partial charge in [0.1, 0.15) is 11.5 Å². The monoisotopic (exact) mass is 289 g/mol. The molecule has 1 aliphatic rings. The van der Waals surface area contributed by atoms with E-state index in [1.165, 1.54) is 6.07 Å². The number of aromatic nitrogens is 2. The van der Waals surface area contributed by atoms with Crippen LogP contribution in [0.15, 0.2) is 12.3 Å². The van der Waals surface area contributed by atoms with Crippen molar-refractivity contribution in [1.29, 1.82) is 0 Å². The maximum atomic E-state index is 14.1. The maximum absolute atomic E-state index is 14.1. The van der Waals surface area contributed by atoms with Gasteiger partial charge in [-0.15, -0.1) is 0 Å². The molecular formula is C16H20FN3O. The first-order valence-corrected chi connectivity index (χ1v) is 7.27. The SMILES string of the molecule is Cc1cn2c(C)c(F)cc(C(=O)NC(C)(C)C3CC3)c2n1. The summed E-state index contributed by atoms with van der Waals surface area (Å²) < 4.78 is 15.7. The van der Waals surface area contributed by atoms with Gasteiger partial charge in [-0.3, -0.25) is 4.79 Å². The number of carbonyl (C=O) groups is 1. The van der Waals surface area contributed by atoms with E-state index >= 15 is 0 Å². The smallest absolute Gasteiger partial charge is 0.255 e. The average Bonchev–Trinajstić information content (AvgIpc) is 3.17. The molecule has 1 saturated carbocycles. The van der Waals surface area contributed by atoms with Crippen molar-refractivity contribution < 1.29 is 9.18 Å². The molecule has 0 atom stereocenters. The number of nitrogens with one attached hydrogen (secondary N) is 1. The minimum Gasteiger partial charge on any atom is -0.347 e. The lowest BCUT2D eigenvalue weighted by molar-refractivity contribution is 0.0904. The molecule has 0 spiro atoms. The molecule has 1 fully saturated rings. The van der Waals surface area contributed by atoms with Gasteiger partial charge in [-0.05, 0) is 52.5 Å². The fourth-order valence-corrected chi connectivity index (χ4v) is 2.79. The van der Waals surface area contributed by atoms with Crippen LogP contribution in [0.25, 0.3) is 5.65 Å². The van der Waals surface area contributed by atoms with Crippen LogP contribution in [0, 0.1) is 25.6 Å². The lowest BCUT2D eigenvalue weighted by Crippen LogP contribution is -2.45. The summed E-state index contributed by atoms with van der Waals surface area (Å²) in [7, 11) is 0. The number of nitrogens with zero attached hydrogens (tertiary/aromatic N) is 2. The molecule has 0 bridgehead atoms. The lowest BCUT2D eigenvalue weighted by Gasteiger charge is -2.26. The molecule has 0 aromatic carbocycles. The summed E-state index contributed by atoms with van der Waals surface area (Å²) in [6, 6.07) is 1.29. The Labute approximate surface area is 123 Å². The molecule has 2 aromatic rings. The van der Waals surface area contributed by atoms with Gasteiger partial charge in [-0.2, -0.15) is 0 Å². The Hall–Kier alpha value is -1.91. The molecule has 5 heteroatoms. The van der Waals surface area contributed by atoms with Gasteiger partial charge in [-0.1, -0.05) is 0 Å². The second-order valence-electron chi connectivity index (χ2n) is 6.52. The number of fused-ring (bicyclic) bond motifs is 1. The quantitative estimate of drug-likeness (QED) is 0.944. The van der Waals surface area contributed by atoms with E-state index in [4.69, 9.17) is 0 Å². The minimum atomic E-state index is -0.394. The minimum absolute atomic E-state index is 0.263. The highest BCUT2D eigenvalue weighted by atomic mass is 19.1. The molecule has 3 rings (SSSR count). The van der Waals surface area contributed by atoms with Crippen molar-refractivity contribution in [3.63, 3.8) is 0 Å². The molecule has 21 heavy (non-hydrogen) atoms. The summed E-state index contributed by atoms with van der Waals surface area (Å²) in [5.41, 5.74) is 1.76. The zero-order chi connectivity index (χ0) is 15.4. The van der Waals surface area contributed by atoms with Gasteiger partial charge >= 0.3 is 0 Å². The first-order chi connectivity index (χ1) is 9.79. The molecule has 4 nitrogen and oxygen atoms in total. The van der Waals surface area contributed by atoms with Crippen LogP contribution in [0.2, 0.25) is 0 Å². The topological polar surface area (TPSA) is 46.4 Å². The highest BCUT2D eigenvalue weighted by molar-refractivity contribution is 6.00. The van der Waals surface area contributed by atoms with Crippen LogP contribution < -0.4 is 5.32 Å². The average molecular weight is 289 g/mol. The number of amides is 1. The zero-order valence-electron chi connectivity index (χ0n) is 12.8. The first kappa shape index (κ1) is 14.0. The molecule has 2 heterocycles. The van der Waals surface area contributed by atoms with Gasteiger partial charge in [0.05, 0.1) is 17.0 Å². The van der Waals surface area contributed by atoms with Crippen molar-refractivity contribution in [2.45, 2.75) is 46.1 Å². The number of imidazole rings is 1. The molecule has 112 valence electrons. The number of halogens is 1. The lowest BCUT2D eigenvalue weighted by atomic mass is 9.98. The third kappa shape index (κ3) is 2.41. The fraction of sp³-hybridized carbons (Fsp3) is 0.500. The van der Waals surface area contributed by atoms with Gasteiger partial charge in [-0.25, -0.2) is 9.37 Å². The van der Waals surface area contributed by atoms with Crippen LogP contribution in [0.4, 0.5) is 4.39 Å². The van der Waals surface area contributed by atoms with Crippen molar-refractivity contribution in [2.24, 2.45) is 5.92 Å². The van der Waals surface area contributed by atoms with Crippen LogP contribution in [0.1, 0.15) is 48.4 Å². The predicted molar refractivity (Wildman–Crippen MR) is 78.9 cm³/mol. The number of rotatable bonds is 3. The summed E-state index contributed by atoms with van der Waals surface area (Å²) >= 11 is 0. The van der Waals surface area contributed by atoms with E-state index in [0.29, 0.717) is 22.8 Å². The van der Waals surface area contributed by atoms with E-state index in [1.54, 1.807) is 17.5 Å². The molecule has 0 unspecified atom stereocenters. The van der Waals surface area contributed by atoms with E-state index in [2.05, 4.69) is 10.3 Å². The Bertz CT molecular complexity index is 729. The van der Waals surface area contributed by atoms with Crippen LogP contribution >= 0.6 is 0 Å². The third-order valence-corrected chi connectivity index (χ3v) is 4.32. The number of hydrogen-bond acceptors (Lipinski definition) is 2. The summed E-state index contributed by atoms with van der Waals surface area (Å²) in [6.45, 7) is 7.54. The summed E-state index contributed by atoms with van der Waals surface area (Å²) in [6.07, 6.45) is 4.01. The summed E-state index contributed by atoms with van der Waals surface area (Å²) in [4.78, 5) is 16.9. The second kappa shape index (κ2) is 4.55. The third-order valence-electron chi connectivity index (χ3n) is 4.32. The molecule has 1 aliphatic carbocycles. The largest absolute Gasteiger partial charge is 0.347 e. The molecule has 1 amide bonds. The van der Waals surface area contributed by atoms with E-state index in [0.717, 1.165) is 18.5 Å². The number of carbonyl (C=O) groups excluding carboxylic acids is 1. The van der Waals surface area contributed by atoms with Gasteiger partial charge < -0.3 is 9.72 Å². The Balaban J connectivity index is 2.03. The normalized spacial score (nSPS) is 15.5. The van der Waals surface area contributed by atoms with Crippen molar-refractivity contribution >= 4 is 11.6 Å². The molecule has 0 saturated heterocycles. The number of aryl methyl sites for hydroxylation is 2. The molecule has 0 radical (unpaired) electrons. The van der Waals surface area contributed by atoms with E-state index in [-0.39, 0.29) is 11.4 Å². The number of pyridine rings is 1. The van der Waals surface area contributed by atoms with Gasteiger partial charge in [0.15, 0.2) is 0 Å². The first-order valence-electron chi connectivity index (χ1n) is 7.27. The predicted octanol–water partition coefficient (Wildman–Crippen LogP) is 3.01. The van der Waals surface area contributed by atoms with Gasteiger partial charge in [0, 0.05) is 11.7 Å². The van der Waals surface area contributed by atoms with Crippen molar-refractivity contribution in [3.8, 4) is 0 Å². The maximum Gasteiger partial charge on any atom is 0.255 e. The van der Waals surface area contributed by atoms with Gasteiger partial charge in [0.2, 0.25) is 0 Å². The molecule has 0 aliphatic heterocycles. The molecule has 1 N–H and O–H groups in total. The molecule has 2 aromatic heterocycles. The van der Waals surface area contributed by atoms with Crippen molar-refractivity contribution in [2.75, 3.05) is 0 Å². The van der Waals surface area contributed by atoms with Crippen molar-refractivity contribution in [1.82, 2.24) is 14.7 Å².